The maximum absolute atomic E-state index is 6.10. The fraction of sp³-hybridized carbons (Fsp3) is 0.286. The third-order valence-corrected chi connectivity index (χ3v) is 2.98. The first kappa shape index (κ1) is 13.6. The molecule has 0 bridgehead atoms. The predicted octanol–water partition coefficient (Wildman–Crippen LogP) is 3.56. The van der Waals surface area contributed by atoms with E-state index in [0.717, 1.165) is 29.4 Å². The number of nitrogens with zero attached hydrogens (tertiary/aromatic N) is 2. The number of hydrogen-bond donors (Lipinski definition) is 2. The summed E-state index contributed by atoms with van der Waals surface area (Å²) in [5.41, 5.74) is 1.03. The normalized spacial score (nSPS) is 10.2. The van der Waals surface area contributed by atoms with Gasteiger partial charge in [-0.05, 0) is 24.1 Å². The van der Waals surface area contributed by atoms with E-state index in [0.29, 0.717) is 12.5 Å². The van der Waals surface area contributed by atoms with Crippen molar-refractivity contribution in [3.8, 4) is 0 Å². The molecule has 0 atom stereocenters. The van der Waals surface area contributed by atoms with Crippen LogP contribution in [0, 0.1) is 0 Å². The van der Waals surface area contributed by atoms with Gasteiger partial charge in [0.25, 0.3) is 0 Å². The summed E-state index contributed by atoms with van der Waals surface area (Å²) in [6.07, 6.45) is 2.80. The van der Waals surface area contributed by atoms with Gasteiger partial charge in [-0.25, -0.2) is 4.98 Å². The molecule has 1 aromatic heterocycles. The summed E-state index contributed by atoms with van der Waals surface area (Å²) >= 11 is 6.10. The Bertz CT molecular complexity index is 530. The van der Waals surface area contributed by atoms with Crippen LogP contribution in [-0.2, 0) is 6.54 Å². The summed E-state index contributed by atoms with van der Waals surface area (Å²) in [6, 6.07) is 9.59. The first-order chi connectivity index (χ1) is 9.29. The molecule has 0 aliphatic heterocycles. The summed E-state index contributed by atoms with van der Waals surface area (Å²) in [5.74, 6) is 1.43. The smallest absolute Gasteiger partial charge is 0.224 e. The van der Waals surface area contributed by atoms with Crippen molar-refractivity contribution in [1.82, 2.24) is 9.97 Å². The van der Waals surface area contributed by atoms with Gasteiger partial charge < -0.3 is 10.6 Å². The average molecular weight is 277 g/mol. The zero-order valence-corrected chi connectivity index (χ0v) is 11.6. The summed E-state index contributed by atoms with van der Waals surface area (Å²) < 4.78 is 0. The highest BCUT2D eigenvalue weighted by atomic mass is 35.5. The van der Waals surface area contributed by atoms with Crippen molar-refractivity contribution in [2.75, 3.05) is 17.2 Å². The van der Waals surface area contributed by atoms with Crippen molar-refractivity contribution in [3.63, 3.8) is 0 Å². The van der Waals surface area contributed by atoms with E-state index in [-0.39, 0.29) is 0 Å². The van der Waals surface area contributed by atoms with Gasteiger partial charge in [0.1, 0.15) is 5.82 Å². The van der Waals surface area contributed by atoms with Crippen LogP contribution >= 0.6 is 11.6 Å². The minimum absolute atomic E-state index is 0.598. The van der Waals surface area contributed by atoms with Crippen LogP contribution in [0.3, 0.4) is 0 Å². The highest BCUT2D eigenvalue weighted by Gasteiger charge is 2.01. The lowest BCUT2D eigenvalue weighted by atomic mass is 10.2. The van der Waals surface area contributed by atoms with Crippen molar-refractivity contribution in [1.29, 1.82) is 0 Å². The second-order valence-corrected chi connectivity index (χ2v) is 4.54. The Morgan fingerprint density at radius 3 is 2.79 bits per heavy atom. The quantitative estimate of drug-likeness (QED) is 0.847. The van der Waals surface area contributed by atoms with Gasteiger partial charge in [0.15, 0.2) is 0 Å². The molecule has 0 radical (unpaired) electrons. The highest BCUT2D eigenvalue weighted by molar-refractivity contribution is 6.31. The standard InChI is InChI=1S/C14H17ClN4/c1-2-8-16-13-7-9-17-14(19-13)18-10-11-5-3-4-6-12(11)15/h3-7,9H,2,8,10H2,1H3,(H2,16,17,18,19). The zero-order valence-electron chi connectivity index (χ0n) is 10.9. The molecule has 0 saturated carbocycles. The lowest BCUT2D eigenvalue weighted by Crippen LogP contribution is -2.07. The maximum atomic E-state index is 6.10. The number of hydrogen-bond acceptors (Lipinski definition) is 4. The summed E-state index contributed by atoms with van der Waals surface area (Å²) in [5, 5.41) is 7.14. The van der Waals surface area contributed by atoms with Crippen molar-refractivity contribution >= 4 is 23.4 Å². The number of halogens is 1. The maximum Gasteiger partial charge on any atom is 0.224 e. The second kappa shape index (κ2) is 6.95. The molecule has 2 aromatic rings. The van der Waals surface area contributed by atoms with Crippen LogP contribution in [0.25, 0.3) is 0 Å². The van der Waals surface area contributed by atoms with E-state index in [4.69, 9.17) is 11.6 Å². The van der Waals surface area contributed by atoms with E-state index >= 15 is 0 Å². The van der Waals surface area contributed by atoms with Gasteiger partial charge in [0.05, 0.1) is 0 Å². The monoisotopic (exact) mass is 276 g/mol. The highest BCUT2D eigenvalue weighted by Crippen LogP contribution is 2.16. The molecule has 100 valence electrons. The zero-order chi connectivity index (χ0) is 13.5. The molecule has 2 N–H and O–H groups in total. The molecule has 5 heteroatoms. The Hall–Kier alpha value is -1.81. The number of rotatable bonds is 6. The van der Waals surface area contributed by atoms with Crippen LogP contribution in [0.5, 0.6) is 0 Å². The number of nitrogens with one attached hydrogen (secondary N) is 2. The van der Waals surface area contributed by atoms with E-state index < -0.39 is 0 Å². The molecule has 0 fully saturated rings. The van der Waals surface area contributed by atoms with E-state index in [1.165, 1.54) is 0 Å². The van der Waals surface area contributed by atoms with Gasteiger partial charge in [-0.2, -0.15) is 4.98 Å². The van der Waals surface area contributed by atoms with Crippen molar-refractivity contribution in [3.05, 3.63) is 47.1 Å². The van der Waals surface area contributed by atoms with Gasteiger partial charge in [-0.15, -0.1) is 0 Å². The molecule has 1 heterocycles. The van der Waals surface area contributed by atoms with Gasteiger partial charge in [-0.3, -0.25) is 0 Å². The molecule has 0 amide bonds. The van der Waals surface area contributed by atoms with Crippen LogP contribution in [0.4, 0.5) is 11.8 Å². The van der Waals surface area contributed by atoms with Crippen LogP contribution in [-0.4, -0.2) is 16.5 Å². The fourth-order valence-electron chi connectivity index (χ4n) is 1.61. The van der Waals surface area contributed by atoms with Crippen molar-refractivity contribution in [2.24, 2.45) is 0 Å². The topological polar surface area (TPSA) is 49.8 Å². The SMILES string of the molecule is CCCNc1ccnc(NCc2ccccc2Cl)n1. The Kier molecular flexibility index (Phi) is 4.98. The third kappa shape index (κ3) is 4.10. The molecule has 4 nitrogen and oxygen atoms in total. The number of aromatic nitrogens is 2. The lowest BCUT2D eigenvalue weighted by molar-refractivity contribution is 0.961. The van der Waals surface area contributed by atoms with E-state index in [9.17, 15) is 0 Å². The average Bonchev–Trinajstić information content (AvgIpc) is 2.45. The lowest BCUT2D eigenvalue weighted by Gasteiger charge is -2.08. The van der Waals surface area contributed by atoms with Crippen LogP contribution < -0.4 is 10.6 Å². The minimum Gasteiger partial charge on any atom is -0.370 e. The van der Waals surface area contributed by atoms with Crippen molar-refractivity contribution < 1.29 is 0 Å². The van der Waals surface area contributed by atoms with Crippen LogP contribution in [0.15, 0.2) is 36.5 Å². The van der Waals surface area contributed by atoms with E-state index in [1.807, 2.05) is 30.3 Å². The Morgan fingerprint density at radius 1 is 1.16 bits per heavy atom. The molecule has 2 rings (SSSR count). The largest absolute Gasteiger partial charge is 0.370 e. The molecular formula is C14H17ClN4. The van der Waals surface area contributed by atoms with Crippen molar-refractivity contribution in [2.45, 2.75) is 19.9 Å². The van der Waals surface area contributed by atoms with Gasteiger partial charge in [0, 0.05) is 24.3 Å². The summed E-state index contributed by atoms with van der Waals surface area (Å²) in [6.45, 7) is 3.63. The second-order valence-electron chi connectivity index (χ2n) is 4.14. The third-order valence-electron chi connectivity index (χ3n) is 2.61. The first-order valence-corrected chi connectivity index (χ1v) is 6.71. The Balaban J connectivity index is 1.98. The predicted molar refractivity (Wildman–Crippen MR) is 79.6 cm³/mol. The Labute approximate surface area is 118 Å². The van der Waals surface area contributed by atoms with Crippen LogP contribution in [0.2, 0.25) is 5.02 Å². The van der Waals surface area contributed by atoms with E-state index in [2.05, 4.69) is 27.5 Å². The van der Waals surface area contributed by atoms with Gasteiger partial charge in [0.2, 0.25) is 5.95 Å². The molecule has 0 aliphatic rings. The van der Waals surface area contributed by atoms with Crippen LogP contribution in [0.1, 0.15) is 18.9 Å². The summed E-state index contributed by atoms with van der Waals surface area (Å²) in [4.78, 5) is 8.57. The number of anilines is 2. The molecule has 0 unspecified atom stereocenters. The van der Waals surface area contributed by atoms with Gasteiger partial charge in [-0.1, -0.05) is 36.7 Å². The first-order valence-electron chi connectivity index (χ1n) is 6.34. The summed E-state index contributed by atoms with van der Waals surface area (Å²) in [7, 11) is 0. The minimum atomic E-state index is 0.598. The van der Waals surface area contributed by atoms with E-state index in [1.54, 1.807) is 6.20 Å². The fourth-order valence-corrected chi connectivity index (χ4v) is 1.81. The Morgan fingerprint density at radius 2 is 2.00 bits per heavy atom. The molecule has 0 saturated heterocycles. The molecule has 1 aromatic carbocycles. The number of benzene rings is 1. The van der Waals surface area contributed by atoms with Gasteiger partial charge >= 0.3 is 0 Å². The molecule has 0 aliphatic carbocycles. The molecule has 0 spiro atoms. The molecule has 19 heavy (non-hydrogen) atoms. The molecular weight excluding hydrogens is 260 g/mol.